The standard InChI is InChI=1S/C12H21N5/c1-10-14-11(13)9-12(15-10)16(2)7-8-17-5-3-4-6-17/h9H,3-8H2,1-2H3,(H2,13,14,15). The molecule has 2 N–H and O–H groups in total. The number of hydrogen-bond acceptors (Lipinski definition) is 5. The summed E-state index contributed by atoms with van der Waals surface area (Å²) in [5, 5.41) is 0. The minimum absolute atomic E-state index is 0.542. The number of rotatable bonds is 4. The van der Waals surface area contributed by atoms with E-state index in [9.17, 15) is 0 Å². The molecule has 1 aliphatic rings. The highest BCUT2D eigenvalue weighted by molar-refractivity contribution is 5.46. The van der Waals surface area contributed by atoms with Crippen LogP contribution < -0.4 is 10.6 Å². The molecule has 1 aromatic heterocycles. The molecule has 1 aliphatic heterocycles. The topological polar surface area (TPSA) is 58.3 Å². The fraction of sp³-hybridized carbons (Fsp3) is 0.667. The van der Waals surface area contributed by atoms with Crippen LogP contribution in [-0.2, 0) is 0 Å². The van der Waals surface area contributed by atoms with Crippen molar-refractivity contribution in [1.29, 1.82) is 0 Å². The molecule has 0 unspecified atom stereocenters. The van der Waals surface area contributed by atoms with E-state index in [1.165, 1.54) is 25.9 Å². The molecule has 0 saturated carbocycles. The lowest BCUT2D eigenvalue weighted by atomic mass is 10.4. The van der Waals surface area contributed by atoms with Crippen LogP contribution in [0, 0.1) is 6.92 Å². The molecule has 0 bridgehead atoms. The first-order valence-electron chi connectivity index (χ1n) is 6.20. The molecule has 1 saturated heterocycles. The van der Waals surface area contributed by atoms with Gasteiger partial charge >= 0.3 is 0 Å². The molecule has 0 aromatic carbocycles. The van der Waals surface area contributed by atoms with E-state index in [4.69, 9.17) is 5.73 Å². The van der Waals surface area contributed by atoms with E-state index in [0.717, 1.165) is 24.7 Å². The Morgan fingerprint density at radius 3 is 2.71 bits per heavy atom. The van der Waals surface area contributed by atoms with Crippen molar-refractivity contribution in [2.75, 3.05) is 43.9 Å². The molecule has 0 spiro atoms. The maximum Gasteiger partial charge on any atom is 0.134 e. The monoisotopic (exact) mass is 235 g/mol. The number of nitrogen functional groups attached to an aromatic ring is 1. The normalized spacial score (nSPS) is 16.4. The first-order valence-corrected chi connectivity index (χ1v) is 6.20. The number of nitrogens with zero attached hydrogens (tertiary/aromatic N) is 4. The maximum atomic E-state index is 5.73. The number of aryl methyl sites for hydroxylation is 1. The van der Waals surface area contributed by atoms with Crippen molar-refractivity contribution in [2.24, 2.45) is 0 Å². The van der Waals surface area contributed by atoms with E-state index >= 15 is 0 Å². The fourth-order valence-corrected chi connectivity index (χ4v) is 2.18. The van der Waals surface area contributed by atoms with Gasteiger partial charge in [0.15, 0.2) is 0 Å². The van der Waals surface area contributed by atoms with Crippen LogP contribution in [-0.4, -0.2) is 48.1 Å². The van der Waals surface area contributed by atoms with Crippen LogP contribution in [0.2, 0.25) is 0 Å². The zero-order chi connectivity index (χ0) is 12.3. The average molecular weight is 235 g/mol. The van der Waals surface area contributed by atoms with Gasteiger partial charge in [-0.15, -0.1) is 0 Å². The van der Waals surface area contributed by atoms with Gasteiger partial charge < -0.3 is 15.5 Å². The van der Waals surface area contributed by atoms with Crippen LogP contribution in [0.5, 0.6) is 0 Å². The number of anilines is 2. The highest BCUT2D eigenvalue weighted by atomic mass is 15.2. The number of hydrogen-bond donors (Lipinski definition) is 1. The van der Waals surface area contributed by atoms with E-state index in [0.29, 0.717) is 5.82 Å². The third-order valence-electron chi connectivity index (χ3n) is 3.19. The molecule has 17 heavy (non-hydrogen) atoms. The summed E-state index contributed by atoms with van der Waals surface area (Å²) in [7, 11) is 2.05. The summed E-state index contributed by atoms with van der Waals surface area (Å²) in [5.41, 5.74) is 5.73. The summed E-state index contributed by atoms with van der Waals surface area (Å²) in [6.45, 7) is 6.42. The summed E-state index contributed by atoms with van der Waals surface area (Å²) >= 11 is 0. The highest BCUT2D eigenvalue weighted by Crippen LogP contribution is 2.13. The SMILES string of the molecule is Cc1nc(N)cc(N(C)CCN2CCCC2)n1. The summed E-state index contributed by atoms with van der Waals surface area (Å²) < 4.78 is 0. The van der Waals surface area contributed by atoms with Crippen LogP contribution in [0.1, 0.15) is 18.7 Å². The molecule has 5 heteroatoms. The van der Waals surface area contributed by atoms with Gasteiger partial charge in [0.2, 0.25) is 0 Å². The summed E-state index contributed by atoms with van der Waals surface area (Å²) in [6, 6.07) is 1.83. The smallest absolute Gasteiger partial charge is 0.134 e. The van der Waals surface area contributed by atoms with Crippen molar-refractivity contribution < 1.29 is 0 Å². The Bertz CT molecular complexity index is 353. The van der Waals surface area contributed by atoms with Gasteiger partial charge in [-0.2, -0.15) is 0 Å². The Labute approximate surface area is 103 Å². The molecule has 0 atom stereocenters. The molecule has 0 aliphatic carbocycles. The quantitative estimate of drug-likeness (QED) is 0.840. The molecule has 94 valence electrons. The molecule has 0 amide bonds. The van der Waals surface area contributed by atoms with Gasteiger partial charge in [0, 0.05) is 26.2 Å². The Morgan fingerprint density at radius 1 is 1.35 bits per heavy atom. The Kier molecular flexibility index (Phi) is 3.78. The summed E-state index contributed by atoms with van der Waals surface area (Å²) in [5.74, 6) is 2.18. The lowest BCUT2D eigenvalue weighted by Crippen LogP contribution is -2.32. The predicted octanol–water partition coefficient (Wildman–Crippen LogP) is 0.899. The average Bonchev–Trinajstić information content (AvgIpc) is 2.77. The number of likely N-dealkylation sites (tertiary alicyclic amines) is 1. The Morgan fingerprint density at radius 2 is 2.06 bits per heavy atom. The Hall–Kier alpha value is -1.36. The third-order valence-corrected chi connectivity index (χ3v) is 3.19. The first-order chi connectivity index (χ1) is 8.15. The van der Waals surface area contributed by atoms with E-state index in [2.05, 4.69) is 26.8 Å². The molecule has 1 fully saturated rings. The van der Waals surface area contributed by atoms with Crippen molar-refractivity contribution >= 4 is 11.6 Å². The van der Waals surface area contributed by atoms with Gasteiger partial charge in [0.05, 0.1) is 0 Å². The summed E-state index contributed by atoms with van der Waals surface area (Å²) in [4.78, 5) is 13.1. The molecule has 2 heterocycles. The van der Waals surface area contributed by atoms with Gasteiger partial charge in [-0.05, 0) is 32.9 Å². The lowest BCUT2D eigenvalue weighted by molar-refractivity contribution is 0.346. The molecular weight excluding hydrogens is 214 g/mol. The first kappa shape index (κ1) is 12.1. The minimum atomic E-state index is 0.542. The van der Waals surface area contributed by atoms with Crippen molar-refractivity contribution in [1.82, 2.24) is 14.9 Å². The molecular formula is C12H21N5. The third kappa shape index (κ3) is 3.30. The van der Waals surface area contributed by atoms with E-state index < -0.39 is 0 Å². The van der Waals surface area contributed by atoms with Crippen LogP contribution in [0.25, 0.3) is 0 Å². The second kappa shape index (κ2) is 5.31. The second-order valence-electron chi connectivity index (χ2n) is 4.67. The highest BCUT2D eigenvalue weighted by Gasteiger charge is 2.12. The second-order valence-corrected chi connectivity index (χ2v) is 4.67. The zero-order valence-corrected chi connectivity index (χ0v) is 10.7. The van der Waals surface area contributed by atoms with Crippen molar-refractivity contribution in [2.45, 2.75) is 19.8 Å². The van der Waals surface area contributed by atoms with Gasteiger partial charge in [0.1, 0.15) is 17.5 Å². The fourth-order valence-electron chi connectivity index (χ4n) is 2.18. The molecule has 0 radical (unpaired) electrons. The van der Waals surface area contributed by atoms with E-state index in [1.54, 1.807) is 0 Å². The van der Waals surface area contributed by atoms with Gasteiger partial charge in [-0.3, -0.25) is 0 Å². The molecule has 5 nitrogen and oxygen atoms in total. The van der Waals surface area contributed by atoms with Crippen LogP contribution in [0.15, 0.2) is 6.07 Å². The minimum Gasteiger partial charge on any atom is -0.384 e. The van der Waals surface area contributed by atoms with Crippen LogP contribution in [0.3, 0.4) is 0 Å². The number of aromatic nitrogens is 2. The zero-order valence-electron chi connectivity index (χ0n) is 10.7. The van der Waals surface area contributed by atoms with Gasteiger partial charge in [-0.1, -0.05) is 0 Å². The van der Waals surface area contributed by atoms with E-state index in [1.807, 2.05) is 13.0 Å². The van der Waals surface area contributed by atoms with Crippen LogP contribution >= 0.6 is 0 Å². The van der Waals surface area contributed by atoms with Crippen molar-refractivity contribution in [3.05, 3.63) is 11.9 Å². The van der Waals surface area contributed by atoms with E-state index in [-0.39, 0.29) is 0 Å². The van der Waals surface area contributed by atoms with Gasteiger partial charge in [0.25, 0.3) is 0 Å². The van der Waals surface area contributed by atoms with Crippen LogP contribution in [0.4, 0.5) is 11.6 Å². The lowest BCUT2D eigenvalue weighted by Gasteiger charge is -2.22. The van der Waals surface area contributed by atoms with Crippen molar-refractivity contribution in [3.63, 3.8) is 0 Å². The number of nitrogens with two attached hydrogens (primary N) is 1. The molecule has 2 rings (SSSR count). The molecule has 1 aromatic rings. The number of likely N-dealkylation sites (N-methyl/N-ethyl adjacent to an activating group) is 1. The van der Waals surface area contributed by atoms with Gasteiger partial charge in [-0.25, -0.2) is 9.97 Å². The largest absolute Gasteiger partial charge is 0.384 e. The predicted molar refractivity (Wildman–Crippen MR) is 70.1 cm³/mol. The van der Waals surface area contributed by atoms with Crippen molar-refractivity contribution in [3.8, 4) is 0 Å². The summed E-state index contributed by atoms with van der Waals surface area (Å²) in [6.07, 6.45) is 2.67. The maximum absolute atomic E-state index is 5.73. The Balaban J connectivity index is 1.91.